The van der Waals surface area contributed by atoms with E-state index in [9.17, 15) is 8.78 Å². The zero-order valence-electron chi connectivity index (χ0n) is 8.55. The summed E-state index contributed by atoms with van der Waals surface area (Å²) in [5.41, 5.74) is 0. The molecule has 0 spiro atoms. The third kappa shape index (κ3) is 1.54. The SMILES string of the molecule is Fc1cc2ccc3c(Cl)nccc3c2cc1F. The highest BCUT2D eigenvalue weighted by atomic mass is 35.5. The van der Waals surface area contributed by atoms with Crippen molar-refractivity contribution in [2.45, 2.75) is 0 Å². The van der Waals surface area contributed by atoms with Crippen LogP contribution in [-0.4, -0.2) is 4.98 Å². The van der Waals surface area contributed by atoms with Gasteiger partial charge in [0, 0.05) is 11.6 Å². The van der Waals surface area contributed by atoms with Crippen LogP contribution in [0.3, 0.4) is 0 Å². The van der Waals surface area contributed by atoms with Crippen LogP contribution >= 0.6 is 11.6 Å². The maximum Gasteiger partial charge on any atom is 0.159 e. The van der Waals surface area contributed by atoms with Gasteiger partial charge in [-0.25, -0.2) is 13.8 Å². The maximum atomic E-state index is 13.3. The first-order valence-electron chi connectivity index (χ1n) is 4.99. The Bertz CT molecular complexity index is 740. The second-order valence-electron chi connectivity index (χ2n) is 3.75. The number of hydrogen-bond acceptors (Lipinski definition) is 1. The average Bonchev–Trinajstić information content (AvgIpc) is 2.31. The summed E-state index contributed by atoms with van der Waals surface area (Å²) in [7, 11) is 0. The van der Waals surface area contributed by atoms with Gasteiger partial charge in [-0.1, -0.05) is 23.7 Å². The second-order valence-corrected chi connectivity index (χ2v) is 4.11. The van der Waals surface area contributed by atoms with Gasteiger partial charge in [-0.2, -0.15) is 0 Å². The molecule has 0 saturated heterocycles. The van der Waals surface area contributed by atoms with Gasteiger partial charge in [-0.15, -0.1) is 0 Å². The summed E-state index contributed by atoms with van der Waals surface area (Å²) in [5, 5.41) is 3.12. The van der Waals surface area contributed by atoms with E-state index in [0.29, 0.717) is 15.9 Å². The molecule has 0 N–H and O–H groups in total. The van der Waals surface area contributed by atoms with Gasteiger partial charge in [0.05, 0.1) is 0 Å². The van der Waals surface area contributed by atoms with E-state index < -0.39 is 11.6 Å². The Morgan fingerprint density at radius 1 is 0.882 bits per heavy atom. The van der Waals surface area contributed by atoms with Crippen LogP contribution in [-0.2, 0) is 0 Å². The van der Waals surface area contributed by atoms with Crippen LogP contribution in [0.15, 0.2) is 36.5 Å². The number of pyridine rings is 1. The van der Waals surface area contributed by atoms with Crippen molar-refractivity contribution in [3.63, 3.8) is 0 Å². The summed E-state index contributed by atoms with van der Waals surface area (Å²) < 4.78 is 26.4. The Morgan fingerprint density at radius 2 is 1.65 bits per heavy atom. The summed E-state index contributed by atoms with van der Waals surface area (Å²) in [4.78, 5) is 3.95. The molecule has 17 heavy (non-hydrogen) atoms. The monoisotopic (exact) mass is 249 g/mol. The first kappa shape index (κ1) is 10.4. The van der Waals surface area contributed by atoms with E-state index in [1.165, 1.54) is 12.1 Å². The minimum atomic E-state index is -0.863. The lowest BCUT2D eigenvalue weighted by Gasteiger charge is -2.05. The van der Waals surface area contributed by atoms with Crippen molar-refractivity contribution in [1.29, 1.82) is 0 Å². The molecule has 0 aliphatic rings. The summed E-state index contributed by atoms with van der Waals surface area (Å²) in [6, 6.07) is 7.56. The highest BCUT2D eigenvalue weighted by Crippen LogP contribution is 2.29. The first-order chi connectivity index (χ1) is 8.16. The fourth-order valence-electron chi connectivity index (χ4n) is 1.95. The van der Waals surface area contributed by atoms with Crippen molar-refractivity contribution in [2.24, 2.45) is 0 Å². The van der Waals surface area contributed by atoms with Crippen LogP contribution in [0.2, 0.25) is 5.15 Å². The molecule has 0 amide bonds. The van der Waals surface area contributed by atoms with Crippen molar-refractivity contribution in [3.8, 4) is 0 Å². The molecule has 1 heterocycles. The van der Waals surface area contributed by atoms with Crippen LogP contribution in [0.4, 0.5) is 8.78 Å². The van der Waals surface area contributed by atoms with Gasteiger partial charge in [0.15, 0.2) is 11.6 Å². The highest BCUT2D eigenvalue weighted by molar-refractivity contribution is 6.35. The molecule has 0 aliphatic carbocycles. The number of hydrogen-bond donors (Lipinski definition) is 0. The van der Waals surface area contributed by atoms with Crippen molar-refractivity contribution < 1.29 is 8.78 Å². The van der Waals surface area contributed by atoms with Crippen molar-refractivity contribution in [1.82, 2.24) is 4.98 Å². The summed E-state index contributed by atoms with van der Waals surface area (Å²) in [5.74, 6) is -1.71. The lowest BCUT2D eigenvalue weighted by molar-refractivity contribution is 0.511. The quantitative estimate of drug-likeness (QED) is 0.427. The molecular formula is C13H6ClF2N. The Hall–Kier alpha value is -1.74. The molecule has 2 aromatic carbocycles. The van der Waals surface area contributed by atoms with Crippen molar-refractivity contribution in [2.75, 3.05) is 0 Å². The molecule has 0 radical (unpaired) electrons. The van der Waals surface area contributed by atoms with Crippen LogP contribution in [0.25, 0.3) is 21.5 Å². The molecule has 84 valence electrons. The molecule has 4 heteroatoms. The van der Waals surface area contributed by atoms with E-state index in [2.05, 4.69) is 4.98 Å². The minimum Gasteiger partial charge on any atom is -0.244 e. The highest BCUT2D eigenvalue weighted by Gasteiger charge is 2.08. The molecule has 0 fully saturated rings. The topological polar surface area (TPSA) is 12.9 Å². The summed E-state index contributed by atoms with van der Waals surface area (Å²) in [6.07, 6.45) is 1.55. The second kappa shape index (κ2) is 3.64. The molecule has 0 atom stereocenters. The zero-order chi connectivity index (χ0) is 12.0. The van der Waals surface area contributed by atoms with E-state index in [1.54, 1.807) is 24.4 Å². The number of halogens is 3. The molecule has 0 aliphatic heterocycles. The van der Waals surface area contributed by atoms with Gasteiger partial charge in [0.2, 0.25) is 0 Å². The van der Waals surface area contributed by atoms with E-state index in [0.717, 1.165) is 10.8 Å². The zero-order valence-corrected chi connectivity index (χ0v) is 9.30. The first-order valence-corrected chi connectivity index (χ1v) is 5.36. The summed E-state index contributed by atoms with van der Waals surface area (Å²) >= 11 is 5.95. The fraction of sp³-hybridized carbons (Fsp3) is 0. The number of aromatic nitrogens is 1. The predicted octanol–water partition coefficient (Wildman–Crippen LogP) is 4.32. The Balaban J connectivity index is 2.55. The fourth-order valence-corrected chi connectivity index (χ4v) is 2.17. The normalized spacial score (nSPS) is 11.2. The lowest BCUT2D eigenvalue weighted by Crippen LogP contribution is -1.86. The molecule has 0 saturated carbocycles. The van der Waals surface area contributed by atoms with E-state index in [-0.39, 0.29) is 0 Å². The molecule has 1 aromatic heterocycles. The van der Waals surface area contributed by atoms with E-state index in [1.807, 2.05) is 0 Å². The number of nitrogens with zero attached hydrogens (tertiary/aromatic N) is 1. The van der Waals surface area contributed by atoms with Crippen molar-refractivity contribution >= 4 is 33.1 Å². The minimum absolute atomic E-state index is 0.356. The standard InChI is InChI=1S/C13H6ClF2N/c14-13-9-2-1-7-5-11(15)12(16)6-10(7)8(9)3-4-17-13/h1-6H. The third-order valence-electron chi connectivity index (χ3n) is 2.75. The molecule has 3 aromatic rings. The van der Waals surface area contributed by atoms with Gasteiger partial charge in [-0.05, 0) is 34.4 Å². The number of fused-ring (bicyclic) bond motifs is 3. The number of rotatable bonds is 0. The Morgan fingerprint density at radius 3 is 2.47 bits per heavy atom. The Kier molecular flexibility index (Phi) is 2.23. The lowest BCUT2D eigenvalue weighted by atomic mass is 10.0. The van der Waals surface area contributed by atoms with E-state index in [4.69, 9.17) is 11.6 Å². The average molecular weight is 250 g/mol. The smallest absolute Gasteiger partial charge is 0.159 e. The van der Waals surface area contributed by atoms with Crippen LogP contribution in [0, 0.1) is 11.6 Å². The van der Waals surface area contributed by atoms with Gasteiger partial charge in [0.1, 0.15) is 5.15 Å². The predicted molar refractivity (Wildman–Crippen MR) is 64.2 cm³/mol. The third-order valence-corrected chi connectivity index (χ3v) is 3.05. The number of benzene rings is 2. The largest absolute Gasteiger partial charge is 0.244 e. The van der Waals surface area contributed by atoms with Gasteiger partial charge in [-0.3, -0.25) is 0 Å². The van der Waals surface area contributed by atoms with Crippen LogP contribution < -0.4 is 0 Å². The summed E-state index contributed by atoms with van der Waals surface area (Å²) in [6.45, 7) is 0. The van der Waals surface area contributed by atoms with Gasteiger partial charge >= 0.3 is 0 Å². The molecule has 0 bridgehead atoms. The van der Waals surface area contributed by atoms with Crippen LogP contribution in [0.5, 0.6) is 0 Å². The van der Waals surface area contributed by atoms with Crippen molar-refractivity contribution in [3.05, 3.63) is 53.3 Å². The molecule has 3 rings (SSSR count). The van der Waals surface area contributed by atoms with Crippen LogP contribution in [0.1, 0.15) is 0 Å². The Labute approximate surface area is 101 Å². The van der Waals surface area contributed by atoms with E-state index >= 15 is 0 Å². The maximum absolute atomic E-state index is 13.3. The molecular weight excluding hydrogens is 244 g/mol. The molecule has 1 nitrogen and oxygen atoms in total. The van der Waals surface area contributed by atoms with Gasteiger partial charge in [0.25, 0.3) is 0 Å². The molecule has 0 unspecified atom stereocenters. The van der Waals surface area contributed by atoms with Gasteiger partial charge < -0.3 is 0 Å².